The van der Waals surface area contributed by atoms with Crippen molar-refractivity contribution in [1.29, 1.82) is 0 Å². The monoisotopic (exact) mass is 394 g/mol. The third kappa shape index (κ3) is 4.35. The first-order valence-electron chi connectivity index (χ1n) is 9.14. The summed E-state index contributed by atoms with van der Waals surface area (Å²) < 4.78 is 10.8. The van der Waals surface area contributed by atoms with Crippen LogP contribution in [0.25, 0.3) is 0 Å². The molecular weight excluding hydrogens is 372 g/mol. The number of hydrogen-bond acceptors (Lipinski definition) is 5. The van der Waals surface area contributed by atoms with Crippen LogP contribution in [0.5, 0.6) is 11.5 Å². The van der Waals surface area contributed by atoms with Crippen LogP contribution in [0.15, 0.2) is 66.0 Å². The average Bonchev–Trinajstić information content (AvgIpc) is 3.38. The molecule has 1 aliphatic rings. The molecule has 0 radical (unpaired) electrons. The van der Waals surface area contributed by atoms with E-state index in [4.69, 9.17) is 9.47 Å². The molecule has 1 amide bonds. The van der Waals surface area contributed by atoms with Crippen LogP contribution in [-0.2, 0) is 11.3 Å². The molecule has 4 rings (SSSR count). The second-order valence-corrected chi connectivity index (χ2v) is 7.77. The number of rotatable bonds is 7. The van der Waals surface area contributed by atoms with Gasteiger partial charge in [-0.05, 0) is 41.8 Å². The Hall–Kier alpha value is -2.83. The highest BCUT2D eigenvalue weighted by molar-refractivity contribution is 7.10. The van der Waals surface area contributed by atoms with Crippen molar-refractivity contribution in [2.24, 2.45) is 0 Å². The number of fused-ring (bicyclic) bond motifs is 1. The van der Waals surface area contributed by atoms with Crippen LogP contribution in [0.4, 0.5) is 0 Å². The first kappa shape index (κ1) is 18.5. The Bertz CT molecular complexity index is 928. The van der Waals surface area contributed by atoms with Crippen molar-refractivity contribution >= 4 is 17.2 Å². The normalized spacial score (nSPS) is 13.5. The largest absolute Gasteiger partial charge is 0.454 e. The maximum Gasteiger partial charge on any atom is 0.234 e. The van der Waals surface area contributed by atoms with Crippen molar-refractivity contribution in [2.75, 3.05) is 20.4 Å². The topological polar surface area (TPSA) is 50.8 Å². The van der Waals surface area contributed by atoms with E-state index in [-0.39, 0.29) is 18.7 Å². The van der Waals surface area contributed by atoms with E-state index in [1.165, 1.54) is 0 Å². The Kier molecular flexibility index (Phi) is 5.60. The number of nitrogens with one attached hydrogen (secondary N) is 1. The summed E-state index contributed by atoms with van der Waals surface area (Å²) in [6.45, 7) is 1.23. The Balaban J connectivity index is 1.39. The first-order valence-corrected chi connectivity index (χ1v) is 10.0. The maximum atomic E-state index is 12.7. The minimum Gasteiger partial charge on any atom is -0.454 e. The Morgan fingerprint density at radius 3 is 2.71 bits per heavy atom. The van der Waals surface area contributed by atoms with Crippen molar-refractivity contribution in [1.82, 2.24) is 10.2 Å². The second kappa shape index (κ2) is 8.46. The number of hydrogen-bond donors (Lipinski definition) is 1. The molecular formula is C22H22N2O3S. The standard InChI is InChI=1S/C22H22N2O3S/c1-24(13-16-9-10-18-19(12-16)27-15-26-18)14-21(25)23-22(20-8-5-11-28-20)17-6-3-2-4-7-17/h2-12,22H,13-15H2,1H3,(H,23,25)/t22-/m0/s1. The van der Waals surface area contributed by atoms with Crippen LogP contribution in [0.3, 0.4) is 0 Å². The molecule has 2 heterocycles. The molecule has 1 atom stereocenters. The van der Waals surface area contributed by atoms with Crippen molar-refractivity contribution in [3.63, 3.8) is 0 Å². The van der Waals surface area contributed by atoms with Gasteiger partial charge in [-0.25, -0.2) is 0 Å². The molecule has 144 valence electrons. The molecule has 1 aliphatic heterocycles. The number of ether oxygens (including phenoxy) is 2. The summed E-state index contributed by atoms with van der Waals surface area (Å²) in [7, 11) is 1.94. The van der Waals surface area contributed by atoms with Gasteiger partial charge < -0.3 is 14.8 Å². The van der Waals surface area contributed by atoms with Crippen molar-refractivity contribution in [3.8, 4) is 11.5 Å². The quantitative estimate of drug-likeness (QED) is 0.662. The summed E-state index contributed by atoms with van der Waals surface area (Å²) in [5.74, 6) is 1.52. The highest BCUT2D eigenvalue weighted by Gasteiger charge is 2.19. The predicted octanol–water partition coefficient (Wildman–Crippen LogP) is 3.81. The molecule has 1 N–H and O–H groups in total. The van der Waals surface area contributed by atoms with Gasteiger partial charge in [-0.15, -0.1) is 11.3 Å². The highest BCUT2D eigenvalue weighted by atomic mass is 32.1. The summed E-state index contributed by atoms with van der Waals surface area (Å²) in [6.07, 6.45) is 0. The van der Waals surface area contributed by atoms with Crippen molar-refractivity contribution in [2.45, 2.75) is 12.6 Å². The molecule has 0 aliphatic carbocycles. The van der Waals surface area contributed by atoms with E-state index < -0.39 is 0 Å². The molecule has 0 bridgehead atoms. The maximum absolute atomic E-state index is 12.7. The molecule has 6 heteroatoms. The van der Waals surface area contributed by atoms with E-state index in [9.17, 15) is 4.79 Å². The fourth-order valence-corrected chi connectivity index (χ4v) is 4.08. The van der Waals surface area contributed by atoms with Gasteiger partial charge in [-0.1, -0.05) is 42.5 Å². The minimum absolute atomic E-state index is 0.00880. The van der Waals surface area contributed by atoms with Gasteiger partial charge >= 0.3 is 0 Å². The van der Waals surface area contributed by atoms with E-state index in [1.54, 1.807) is 11.3 Å². The third-order valence-electron chi connectivity index (χ3n) is 4.57. The fraction of sp³-hybridized carbons (Fsp3) is 0.227. The van der Waals surface area contributed by atoms with Crippen LogP contribution < -0.4 is 14.8 Å². The first-order chi connectivity index (χ1) is 13.7. The van der Waals surface area contributed by atoms with Gasteiger partial charge in [0.15, 0.2) is 11.5 Å². The number of nitrogens with zero attached hydrogens (tertiary/aromatic N) is 1. The van der Waals surface area contributed by atoms with Crippen LogP contribution >= 0.6 is 11.3 Å². The van der Waals surface area contributed by atoms with E-state index in [0.717, 1.165) is 27.5 Å². The molecule has 0 saturated carbocycles. The van der Waals surface area contributed by atoms with Crippen LogP contribution in [-0.4, -0.2) is 31.2 Å². The zero-order chi connectivity index (χ0) is 19.3. The zero-order valence-electron chi connectivity index (χ0n) is 15.6. The van der Waals surface area contributed by atoms with Gasteiger partial charge in [-0.3, -0.25) is 9.69 Å². The zero-order valence-corrected chi connectivity index (χ0v) is 16.4. The van der Waals surface area contributed by atoms with Crippen LogP contribution in [0.1, 0.15) is 22.0 Å². The Labute approximate surface area is 168 Å². The molecule has 0 fully saturated rings. The van der Waals surface area contributed by atoms with E-state index >= 15 is 0 Å². The predicted molar refractivity (Wildman–Crippen MR) is 110 cm³/mol. The lowest BCUT2D eigenvalue weighted by molar-refractivity contribution is -0.122. The lowest BCUT2D eigenvalue weighted by Crippen LogP contribution is -2.37. The van der Waals surface area contributed by atoms with Crippen molar-refractivity contribution < 1.29 is 14.3 Å². The average molecular weight is 394 g/mol. The van der Waals surface area contributed by atoms with Gasteiger partial charge in [-0.2, -0.15) is 0 Å². The Morgan fingerprint density at radius 1 is 1.11 bits per heavy atom. The summed E-state index contributed by atoms with van der Waals surface area (Å²) >= 11 is 1.65. The molecule has 0 spiro atoms. The third-order valence-corrected chi connectivity index (χ3v) is 5.51. The van der Waals surface area contributed by atoms with Crippen LogP contribution in [0, 0.1) is 0 Å². The summed E-state index contributed by atoms with van der Waals surface area (Å²) in [5.41, 5.74) is 2.16. The lowest BCUT2D eigenvalue weighted by Gasteiger charge is -2.21. The molecule has 5 nitrogen and oxygen atoms in total. The van der Waals surface area contributed by atoms with Crippen molar-refractivity contribution in [3.05, 3.63) is 82.0 Å². The Morgan fingerprint density at radius 2 is 1.93 bits per heavy atom. The number of likely N-dealkylation sites (N-methyl/N-ethyl adjacent to an activating group) is 1. The smallest absolute Gasteiger partial charge is 0.234 e. The minimum atomic E-state index is -0.132. The van der Waals surface area contributed by atoms with Crippen LogP contribution in [0.2, 0.25) is 0 Å². The van der Waals surface area contributed by atoms with Gasteiger partial charge in [0.25, 0.3) is 0 Å². The van der Waals surface area contributed by atoms with E-state index in [1.807, 2.05) is 71.9 Å². The molecule has 0 unspecified atom stereocenters. The number of amides is 1. The number of carbonyl (C=O) groups is 1. The molecule has 0 saturated heterocycles. The number of thiophene rings is 1. The molecule has 1 aromatic heterocycles. The molecule has 3 aromatic rings. The SMILES string of the molecule is CN(CC(=O)N[C@@H](c1ccccc1)c1cccs1)Cc1ccc2c(c1)OCO2. The summed E-state index contributed by atoms with van der Waals surface area (Å²) in [6, 6.07) is 19.9. The molecule has 28 heavy (non-hydrogen) atoms. The summed E-state index contributed by atoms with van der Waals surface area (Å²) in [4.78, 5) is 15.8. The fourth-order valence-electron chi connectivity index (χ4n) is 3.28. The highest BCUT2D eigenvalue weighted by Crippen LogP contribution is 2.32. The summed E-state index contributed by atoms with van der Waals surface area (Å²) in [5, 5.41) is 5.21. The lowest BCUT2D eigenvalue weighted by atomic mass is 10.1. The second-order valence-electron chi connectivity index (χ2n) is 6.79. The molecule has 2 aromatic carbocycles. The van der Waals surface area contributed by atoms with Gasteiger partial charge in [0, 0.05) is 11.4 Å². The number of carbonyl (C=O) groups excluding carboxylic acids is 1. The van der Waals surface area contributed by atoms with Gasteiger partial charge in [0.1, 0.15) is 0 Å². The van der Waals surface area contributed by atoms with Gasteiger partial charge in [0.2, 0.25) is 12.7 Å². The van der Waals surface area contributed by atoms with E-state index in [0.29, 0.717) is 13.1 Å². The van der Waals surface area contributed by atoms with Gasteiger partial charge in [0.05, 0.1) is 12.6 Å². The van der Waals surface area contributed by atoms with E-state index in [2.05, 4.69) is 11.4 Å². The number of benzene rings is 2.